The quantitative estimate of drug-likeness (QED) is 0.809. The predicted octanol–water partition coefficient (Wildman–Crippen LogP) is 2.78. The molecule has 0 saturated carbocycles. The van der Waals surface area contributed by atoms with Crippen molar-refractivity contribution in [2.24, 2.45) is 0 Å². The Balaban J connectivity index is 1.62. The normalized spacial score (nSPS) is 17.1. The van der Waals surface area contributed by atoms with Crippen molar-refractivity contribution in [1.29, 1.82) is 0 Å². The lowest BCUT2D eigenvalue weighted by Gasteiger charge is -2.36. The van der Waals surface area contributed by atoms with E-state index in [-0.39, 0.29) is 11.7 Å². The number of hydrogen-bond acceptors (Lipinski definition) is 4. The molecule has 1 amide bonds. The SMILES string of the molecule is Cc1ccc(S(=O)(=O)N2CCN([C@H](C)C(=O)Nc3ccc(F)cc3)CC2)c(C)c1. The maximum atomic E-state index is 13.0. The van der Waals surface area contributed by atoms with Gasteiger partial charge in [0.15, 0.2) is 0 Å². The molecule has 2 aromatic carbocycles. The standard InChI is InChI=1S/C21H26FN3O3S/c1-15-4-9-20(16(2)14-15)29(27,28)25-12-10-24(11-13-25)17(3)21(26)23-19-7-5-18(22)6-8-19/h4-9,14,17H,10-13H2,1-3H3,(H,23,26)/t17-/m1/s1. The number of sulfonamides is 1. The molecule has 0 radical (unpaired) electrons. The zero-order valence-electron chi connectivity index (χ0n) is 16.9. The first-order valence-corrected chi connectivity index (χ1v) is 11.0. The van der Waals surface area contributed by atoms with Crippen LogP contribution in [-0.4, -0.2) is 55.8 Å². The lowest BCUT2D eigenvalue weighted by Crippen LogP contribution is -2.54. The van der Waals surface area contributed by atoms with Gasteiger partial charge in [-0.15, -0.1) is 0 Å². The van der Waals surface area contributed by atoms with Crippen LogP contribution in [0.2, 0.25) is 0 Å². The largest absolute Gasteiger partial charge is 0.325 e. The van der Waals surface area contributed by atoms with Gasteiger partial charge in [-0.05, 0) is 56.7 Å². The maximum absolute atomic E-state index is 13.0. The summed E-state index contributed by atoms with van der Waals surface area (Å²) in [7, 11) is -3.56. The highest BCUT2D eigenvalue weighted by molar-refractivity contribution is 7.89. The second-order valence-corrected chi connectivity index (χ2v) is 9.29. The summed E-state index contributed by atoms with van der Waals surface area (Å²) in [6.07, 6.45) is 0. The summed E-state index contributed by atoms with van der Waals surface area (Å²) in [5, 5.41) is 2.77. The molecule has 0 unspecified atom stereocenters. The van der Waals surface area contributed by atoms with Crippen molar-refractivity contribution >= 4 is 21.6 Å². The molecule has 2 aromatic rings. The van der Waals surface area contributed by atoms with Crippen LogP contribution in [0.25, 0.3) is 0 Å². The summed E-state index contributed by atoms with van der Waals surface area (Å²) in [4.78, 5) is 14.8. The van der Waals surface area contributed by atoms with Crippen molar-refractivity contribution in [3.63, 3.8) is 0 Å². The van der Waals surface area contributed by atoms with Crippen LogP contribution in [0.5, 0.6) is 0 Å². The number of anilines is 1. The van der Waals surface area contributed by atoms with Crippen molar-refractivity contribution in [1.82, 2.24) is 9.21 Å². The van der Waals surface area contributed by atoms with Crippen LogP contribution in [0.1, 0.15) is 18.1 Å². The number of benzene rings is 2. The number of rotatable bonds is 5. The van der Waals surface area contributed by atoms with E-state index in [0.717, 1.165) is 11.1 Å². The van der Waals surface area contributed by atoms with Crippen molar-refractivity contribution in [2.75, 3.05) is 31.5 Å². The van der Waals surface area contributed by atoms with Gasteiger partial charge in [0.05, 0.1) is 10.9 Å². The number of nitrogens with one attached hydrogen (secondary N) is 1. The van der Waals surface area contributed by atoms with E-state index in [1.165, 1.54) is 28.6 Å². The van der Waals surface area contributed by atoms with Gasteiger partial charge in [0.2, 0.25) is 15.9 Å². The van der Waals surface area contributed by atoms with Crippen LogP contribution in [0, 0.1) is 19.7 Å². The molecule has 0 spiro atoms. The fourth-order valence-electron chi connectivity index (χ4n) is 3.50. The Hall–Kier alpha value is -2.29. The zero-order valence-corrected chi connectivity index (χ0v) is 17.7. The van der Waals surface area contributed by atoms with E-state index in [1.807, 2.05) is 17.9 Å². The molecule has 156 valence electrons. The summed E-state index contributed by atoms with van der Waals surface area (Å²) in [6, 6.07) is 10.5. The molecule has 1 fully saturated rings. The van der Waals surface area contributed by atoms with E-state index in [2.05, 4.69) is 5.32 Å². The van der Waals surface area contributed by atoms with E-state index in [4.69, 9.17) is 0 Å². The Bertz CT molecular complexity index is 985. The third-order valence-electron chi connectivity index (χ3n) is 5.26. The first kappa shape index (κ1) is 21.4. The minimum Gasteiger partial charge on any atom is -0.325 e. The van der Waals surface area contributed by atoms with Crippen LogP contribution in [-0.2, 0) is 14.8 Å². The molecule has 0 bridgehead atoms. The molecule has 0 aliphatic carbocycles. The second-order valence-electron chi connectivity index (χ2n) is 7.38. The van der Waals surface area contributed by atoms with Crippen LogP contribution < -0.4 is 5.32 Å². The lowest BCUT2D eigenvalue weighted by molar-refractivity contribution is -0.121. The second kappa shape index (κ2) is 8.61. The fraction of sp³-hybridized carbons (Fsp3) is 0.381. The monoisotopic (exact) mass is 419 g/mol. The Kier molecular flexibility index (Phi) is 6.36. The molecular formula is C21H26FN3O3S. The molecule has 1 aliphatic rings. The van der Waals surface area contributed by atoms with E-state index in [9.17, 15) is 17.6 Å². The number of halogens is 1. The molecule has 3 rings (SSSR count). The first-order valence-electron chi connectivity index (χ1n) is 9.56. The number of carbonyl (C=O) groups is 1. The van der Waals surface area contributed by atoms with E-state index >= 15 is 0 Å². The molecule has 8 heteroatoms. The number of carbonyl (C=O) groups excluding carboxylic acids is 1. The zero-order chi connectivity index (χ0) is 21.2. The molecule has 1 saturated heterocycles. The summed E-state index contributed by atoms with van der Waals surface area (Å²) in [6.45, 7) is 7.09. The molecule has 29 heavy (non-hydrogen) atoms. The van der Waals surface area contributed by atoms with Gasteiger partial charge >= 0.3 is 0 Å². The Morgan fingerprint density at radius 3 is 2.24 bits per heavy atom. The van der Waals surface area contributed by atoms with E-state index in [0.29, 0.717) is 36.8 Å². The van der Waals surface area contributed by atoms with Gasteiger partial charge in [-0.1, -0.05) is 17.7 Å². The van der Waals surface area contributed by atoms with Crippen LogP contribution in [0.4, 0.5) is 10.1 Å². The summed E-state index contributed by atoms with van der Waals surface area (Å²) in [5.74, 6) is -0.570. The number of aryl methyl sites for hydroxylation is 2. The minimum absolute atomic E-state index is 0.206. The van der Waals surface area contributed by atoms with Crippen LogP contribution in [0.15, 0.2) is 47.4 Å². The maximum Gasteiger partial charge on any atom is 0.243 e. The van der Waals surface area contributed by atoms with Crippen LogP contribution >= 0.6 is 0 Å². The molecule has 0 aromatic heterocycles. The summed E-state index contributed by atoms with van der Waals surface area (Å²) in [5.41, 5.74) is 2.28. The highest BCUT2D eigenvalue weighted by atomic mass is 32.2. The minimum atomic E-state index is -3.56. The smallest absolute Gasteiger partial charge is 0.243 e. The molecule has 6 nitrogen and oxygen atoms in total. The van der Waals surface area contributed by atoms with E-state index < -0.39 is 16.1 Å². The summed E-state index contributed by atoms with van der Waals surface area (Å²) >= 11 is 0. The van der Waals surface area contributed by atoms with Crippen molar-refractivity contribution < 1.29 is 17.6 Å². The highest BCUT2D eigenvalue weighted by Crippen LogP contribution is 2.22. The lowest BCUT2D eigenvalue weighted by atomic mass is 10.2. The van der Waals surface area contributed by atoms with Gasteiger partial charge in [-0.25, -0.2) is 12.8 Å². The number of amides is 1. The van der Waals surface area contributed by atoms with Crippen molar-refractivity contribution in [2.45, 2.75) is 31.7 Å². The van der Waals surface area contributed by atoms with Gasteiger partial charge in [-0.2, -0.15) is 4.31 Å². The van der Waals surface area contributed by atoms with Crippen molar-refractivity contribution in [3.05, 3.63) is 59.4 Å². The van der Waals surface area contributed by atoms with Gasteiger partial charge in [0, 0.05) is 31.9 Å². The predicted molar refractivity (Wildman–Crippen MR) is 111 cm³/mol. The van der Waals surface area contributed by atoms with Gasteiger partial charge in [0.25, 0.3) is 0 Å². The molecule has 1 N–H and O–H groups in total. The third kappa shape index (κ3) is 4.83. The number of hydrogen-bond donors (Lipinski definition) is 1. The highest BCUT2D eigenvalue weighted by Gasteiger charge is 2.32. The van der Waals surface area contributed by atoms with Crippen molar-refractivity contribution in [3.8, 4) is 0 Å². The number of piperazine rings is 1. The van der Waals surface area contributed by atoms with Gasteiger partial charge < -0.3 is 5.32 Å². The van der Waals surface area contributed by atoms with Crippen LogP contribution in [0.3, 0.4) is 0 Å². The van der Waals surface area contributed by atoms with E-state index in [1.54, 1.807) is 26.0 Å². The molecule has 1 heterocycles. The summed E-state index contributed by atoms with van der Waals surface area (Å²) < 4.78 is 40.5. The Morgan fingerprint density at radius 2 is 1.66 bits per heavy atom. The first-order chi connectivity index (χ1) is 13.7. The average molecular weight is 420 g/mol. The molecule has 1 aliphatic heterocycles. The molecule has 1 atom stereocenters. The topological polar surface area (TPSA) is 69.7 Å². The molecular weight excluding hydrogens is 393 g/mol. The fourth-order valence-corrected chi connectivity index (χ4v) is 5.13. The number of nitrogens with zero attached hydrogens (tertiary/aromatic N) is 2. The van der Waals surface area contributed by atoms with Gasteiger partial charge in [-0.3, -0.25) is 9.69 Å². The van der Waals surface area contributed by atoms with Gasteiger partial charge in [0.1, 0.15) is 5.82 Å². The Labute approximate surface area is 171 Å². The Morgan fingerprint density at radius 1 is 1.03 bits per heavy atom. The average Bonchev–Trinajstić information content (AvgIpc) is 2.69. The third-order valence-corrected chi connectivity index (χ3v) is 7.32.